The van der Waals surface area contributed by atoms with E-state index in [1.165, 1.54) is 0 Å². The molecular weight excluding hydrogens is 242 g/mol. The first-order chi connectivity index (χ1) is 9.00. The van der Waals surface area contributed by atoms with E-state index in [9.17, 15) is 9.59 Å². The number of carbonyl (C=O) groups excluding carboxylic acids is 1. The predicted octanol–water partition coefficient (Wildman–Crippen LogP) is 2.66. The monoisotopic (exact) mass is 261 g/mol. The van der Waals surface area contributed by atoms with Crippen molar-refractivity contribution in [1.82, 2.24) is 4.90 Å². The molecule has 0 saturated heterocycles. The van der Waals surface area contributed by atoms with Crippen molar-refractivity contribution in [2.45, 2.75) is 19.3 Å². The molecule has 4 nitrogen and oxygen atoms in total. The molecule has 0 heterocycles. The molecule has 0 fully saturated rings. The molecule has 4 heteroatoms. The Morgan fingerprint density at radius 2 is 2.05 bits per heavy atom. The summed E-state index contributed by atoms with van der Waals surface area (Å²) in [5.74, 6) is -0.798. The summed E-state index contributed by atoms with van der Waals surface area (Å²) in [5.41, 5.74) is 1.14. The SMILES string of the molecule is CN(C)C(=O)CCCC=Cc1cccc(C(=O)O)c1. The van der Waals surface area contributed by atoms with Crippen LogP contribution >= 0.6 is 0 Å². The Kier molecular flexibility index (Phi) is 5.79. The third kappa shape index (κ3) is 5.38. The van der Waals surface area contributed by atoms with Crippen molar-refractivity contribution in [2.24, 2.45) is 0 Å². The van der Waals surface area contributed by atoms with Gasteiger partial charge in [-0.3, -0.25) is 4.79 Å². The Morgan fingerprint density at radius 1 is 1.32 bits per heavy atom. The van der Waals surface area contributed by atoms with Crippen LogP contribution < -0.4 is 0 Å². The zero-order chi connectivity index (χ0) is 14.3. The van der Waals surface area contributed by atoms with Gasteiger partial charge in [-0.15, -0.1) is 0 Å². The van der Waals surface area contributed by atoms with Gasteiger partial charge in [0.2, 0.25) is 5.91 Å². The van der Waals surface area contributed by atoms with Gasteiger partial charge in [0, 0.05) is 20.5 Å². The third-order valence-corrected chi connectivity index (χ3v) is 2.70. The molecule has 1 aromatic rings. The maximum Gasteiger partial charge on any atom is 0.335 e. The average molecular weight is 261 g/mol. The van der Waals surface area contributed by atoms with E-state index in [0.29, 0.717) is 6.42 Å². The van der Waals surface area contributed by atoms with Crippen molar-refractivity contribution in [3.63, 3.8) is 0 Å². The van der Waals surface area contributed by atoms with Crippen LogP contribution in [0.25, 0.3) is 6.08 Å². The Morgan fingerprint density at radius 3 is 2.68 bits per heavy atom. The summed E-state index contributed by atoms with van der Waals surface area (Å²) in [4.78, 5) is 23.7. The van der Waals surface area contributed by atoms with Crippen LogP contribution in [0.3, 0.4) is 0 Å². The number of hydrogen-bond donors (Lipinski definition) is 1. The lowest BCUT2D eigenvalue weighted by Gasteiger charge is -2.08. The first kappa shape index (κ1) is 15.0. The topological polar surface area (TPSA) is 57.6 Å². The molecule has 1 aromatic carbocycles. The second-order valence-electron chi connectivity index (χ2n) is 4.51. The summed E-state index contributed by atoms with van der Waals surface area (Å²) < 4.78 is 0. The van der Waals surface area contributed by atoms with E-state index in [-0.39, 0.29) is 11.5 Å². The summed E-state index contributed by atoms with van der Waals surface area (Å²) in [6.07, 6.45) is 5.98. The smallest absolute Gasteiger partial charge is 0.335 e. The molecule has 19 heavy (non-hydrogen) atoms. The van der Waals surface area contributed by atoms with Gasteiger partial charge >= 0.3 is 5.97 Å². The molecule has 0 spiro atoms. The summed E-state index contributed by atoms with van der Waals surface area (Å²) in [6, 6.07) is 6.77. The molecule has 0 aliphatic carbocycles. The minimum absolute atomic E-state index is 0.126. The van der Waals surface area contributed by atoms with Crippen molar-refractivity contribution in [3.05, 3.63) is 41.5 Å². The molecule has 0 unspecified atom stereocenters. The maximum atomic E-state index is 11.3. The molecule has 0 bridgehead atoms. The van der Waals surface area contributed by atoms with Crippen LogP contribution in [-0.4, -0.2) is 36.0 Å². The van der Waals surface area contributed by atoms with Crippen LogP contribution in [0.1, 0.15) is 35.2 Å². The highest BCUT2D eigenvalue weighted by Crippen LogP contribution is 2.08. The molecule has 0 saturated carbocycles. The largest absolute Gasteiger partial charge is 0.478 e. The van der Waals surface area contributed by atoms with Crippen molar-refractivity contribution in [2.75, 3.05) is 14.1 Å². The standard InChI is InChI=1S/C15H19NO3/c1-16(2)14(17)10-5-3-4-7-12-8-6-9-13(11-12)15(18)19/h4,6-9,11H,3,5,10H2,1-2H3,(H,18,19). The van der Waals surface area contributed by atoms with Crippen molar-refractivity contribution < 1.29 is 14.7 Å². The van der Waals surface area contributed by atoms with E-state index in [2.05, 4.69) is 0 Å². The van der Waals surface area contributed by atoms with Crippen molar-refractivity contribution >= 4 is 18.0 Å². The number of amides is 1. The normalized spacial score (nSPS) is 10.6. The molecule has 102 valence electrons. The number of nitrogens with zero attached hydrogens (tertiary/aromatic N) is 1. The number of carboxylic acids is 1. The van der Waals surface area contributed by atoms with Gasteiger partial charge in [-0.1, -0.05) is 24.3 Å². The van der Waals surface area contributed by atoms with Crippen LogP contribution in [0, 0.1) is 0 Å². The molecule has 0 aliphatic heterocycles. The molecule has 0 aromatic heterocycles. The molecule has 0 radical (unpaired) electrons. The predicted molar refractivity (Wildman–Crippen MR) is 75.0 cm³/mol. The van der Waals surface area contributed by atoms with E-state index in [0.717, 1.165) is 18.4 Å². The molecular formula is C15H19NO3. The number of aromatic carboxylic acids is 1. The fourth-order valence-electron chi connectivity index (χ4n) is 1.59. The van der Waals surface area contributed by atoms with E-state index in [1.807, 2.05) is 18.2 Å². The second kappa shape index (κ2) is 7.36. The quantitative estimate of drug-likeness (QED) is 0.801. The first-order valence-electron chi connectivity index (χ1n) is 6.21. The Labute approximate surface area is 113 Å². The van der Waals surface area contributed by atoms with Crippen LogP contribution in [0.2, 0.25) is 0 Å². The van der Waals surface area contributed by atoms with E-state index < -0.39 is 5.97 Å². The second-order valence-corrected chi connectivity index (χ2v) is 4.51. The van der Waals surface area contributed by atoms with Gasteiger partial charge in [-0.05, 0) is 30.5 Å². The van der Waals surface area contributed by atoms with Crippen molar-refractivity contribution in [1.29, 1.82) is 0 Å². The van der Waals surface area contributed by atoms with Crippen LogP contribution in [0.5, 0.6) is 0 Å². The Balaban J connectivity index is 2.43. The summed E-state index contributed by atoms with van der Waals surface area (Å²) in [7, 11) is 3.49. The summed E-state index contributed by atoms with van der Waals surface area (Å²) >= 11 is 0. The van der Waals surface area contributed by atoms with Crippen LogP contribution in [0.4, 0.5) is 0 Å². The minimum atomic E-state index is -0.924. The van der Waals surface area contributed by atoms with Crippen LogP contribution in [0.15, 0.2) is 30.3 Å². The highest BCUT2D eigenvalue weighted by Gasteiger charge is 2.02. The Hall–Kier alpha value is -2.10. The fourth-order valence-corrected chi connectivity index (χ4v) is 1.59. The number of carboxylic acid groups (broad SMARTS) is 1. The van der Waals surface area contributed by atoms with Gasteiger partial charge in [0.15, 0.2) is 0 Å². The number of benzene rings is 1. The van der Waals surface area contributed by atoms with Gasteiger partial charge in [0.05, 0.1) is 5.56 Å². The highest BCUT2D eigenvalue weighted by atomic mass is 16.4. The first-order valence-corrected chi connectivity index (χ1v) is 6.21. The summed E-state index contributed by atoms with van der Waals surface area (Å²) in [5, 5.41) is 8.87. The molecule has 1 amide bonds. The van der Waals surface area contributed by atoms with E-state index in [1.54, 1.807) is 37.2 Å². The zero-order valence-corrected chi connectivity index (χ0v) is 11.3. The lowest BCUT2D eigenvalue weighted by Crippen LogP contribution is -2.20. The lowest BCUT2D eigenvalue weighted by atomic mass is 10.1. The highest BCUT2D eigenvalue weighted by molar-refractivity contribution is 5.88. The number of rotatable bonds is 6. The number of allylic oxidation sites excluding steroid dienone is 1. The van der Waals surface area contributed by atoms with Gasteiger partial charge in [-0.25, -0.2) is 4.79 Å². The van der Waals surface area contributed by atoms with Crippen molar-refractivity contribution in [3.8, 4) is 0 Å². The molecule has 0 atom stereocenters. The number of carbonyl (C=O) groups is 2. The lowest BCUT2D eigenvalue weighted by molar-refractivity contribution is -0.128. The molecule has 1 rings (SSSR count). The number of hydrogen-bond acceptors (Lipinski definition) is 2. The molecule has 1 N–H and O–H groups in total. The average Bonchev–Trinajstić information content (AvgIpc) is 2.38. The Bertz CT molecular complexity index is 478. The zero-order valence-electron chi connectivity index (χ0n) is 11.3. The van der Waals surface area contributed by atoms with Gasteiger partial charge in [0.25, 0.3) is 0 Å². The fraction of sp³-hybridized carbons (Fsp3) is 0.333. The van der Waals surface area contributed by atoms with Gasteiger partial charge in [-0.2, -0.15) is 0 Å². The van der Waals surface area contributed by atoms with Gasteiger partial charge in [0.1, 0.15) is 0 Å². The maximum absolute atomic E-state index is 11.3. The van der Waals surface area contributed by atoms with E-state index in [4.69, 9.17) is 5.11 Å². The van der Waals surface area contributed by atoms with Crippen LogP contribution in [-0.2, 0) is 4.79 Å². The number of unbranched alkanes of at least 4 members (excludes halogenated alkanes) is 1. The third-order valence-electron chi connectivity index (χ3n) is 2.70. The molecule has 0 aliphatic rings. The summed E-state index contributed by atoms with van der Waals surface area (Å²) in [6.45, 7) is 0. The van der Waals surface area contributed by atoms with Gasteiger partial charge < -0.3 is 10.0 Å². The van der Waals surface area contributed by atoms with E-state index >= 15 is 0 Å². The minimum Gasteiger partial charge on any atom is -0.478 e.